The third-order valence-electron chi connectivity index (χ3n) is 4.93. The van der Waals surface area contributed by atoms with E-state index in [9.17, 15) is 18.8 Å². The van der Waals surface area contributed by atoms with Gasteiger partial charge in [0.15, 0.2) is 10.3 Å². The molecule has 3 rings (SSSR count). The summed E-state index contributed by atoms with van der Waals surface area (Å²) in [5.74, 6) is -1.51. The molecule has 0 N–H and O–H groups in total. The Morgan fingerprint density at radius 3 is 2.42 bits per heavy atom. The standard InChI is InChI=1S/C24H21Cl2FN2O4/c1-2-11-28(24(32)23(25)26)14-21(30)29(12-16-7-9-18(27)10-8-16)13-17-15-33-20-6-4-3-5-19(20)22(17)31/h2-10,15,23H,1,11-14H2. The van der Waals surface area contributed by atoms with Crippen LogP contribution in [-0.4, -0.2) is 39.5 Å². The second kappa shape index (κ2) is 11.1. The number of hydrogen-bond donors (Lipinski definition) is 0. The second-order valence-electron chi connectivity index (χ2n) is 7.27. The van der Waals surface area contributed by atoms with Gasteiger partial charge in [-0.25, -0.2) is 4.39 Å². The van der Waals surface area contributed by atoms with Gasteiger partial charge in [-0.2, -0.15) is 0 Å². The third kappa shape index (κ3) is 6.21. The van der Waals surface area contributed by atoms with E-state index in [1.807, 2.05) is 0 Å². The summed E-state index contributed by atoms with van der Waals surface area (Å²) in [6.07, 6.45) is 2.76. The normalized spacial score (nSPS) is 10.9. The van der Waals surface area contributed by atoms with Gasteiger partial charge >= 0.3 is 0 Å². The summed E-state index contributed by atoms with van der Waals surface area (Å²) in [5, 5.41) is 0.389. The van der Waals surface area contributed by atoms with Crippen LogP contribution in [0.2, 0.25) is 0 Å². The highest BCUT2D eigenvalue weighted by molar-refractivity contribution is 6.53. The molecule has 3 aromatic rings. The Labute approximate surface area is 199 Å². The van der Waals surface area contributed by atoms with Crippen molar-refractivity contribution >= 4 is 46.0 Å². The minimum absolute atomic E-state index is 0.0585. The van der Waals surface area contributed by atoms with Gasteiger partial charge in [-0.15, -0.1) is 6.58 Å². The van der Waals surface area contributed by atoms with E-state index in [1.165, 1.54) is 34.3 Å². The van der Waals surface area contributed by atoms with Crippen LogP contribution in [0.15, 0.2) is 76.7 Å². The van der Waals surface area contributed by atoms with Crippen LogP contribution in [0.25, 0.3) is 11.0 Å². The van der Waals surface area contributed by atoms with E-state index in [-0.39, 0.29) is 37.2 Å². The van der Waals surface area contributed by atoms with Gasteiger partial charge < -0.3 is 14.2 Å². The fraction of sp³-hybridized carbons (Fsp3) is 0.208. The number of carbonyl (C=O) groups is 2. The highest BCUT2D eigenvalue weighted by Gasteiger charge is 2.25. The first-order valence-corrected chi connectivity index (χ1v) is 10.9. The molecule has 172 valence electrons. The van der Waals surface area contributed by atoms with E-state index >= 15 is 0 Å². The summed E-state index contributed by atoms with van der Waals surface area (Å²) in [7, 11) is 0. The number of benzene rings is 2. The van der Waals surface area contributed by atoms with Crippen LogP contribution in [0, 0.1) is 5.82 Å². The van der Waals surface area contributed by atoms with Crippen molar-refractivity contribution in [1.82, 2.24) is 9.80 Å². The van der Waals surface area contributed by atoms with Gasteiger partial charge in [-0.3, -0.25) is 14.4 Å². The van der Waals surface area contributed by atoms with Crippen LogP contribution >= 0.6 is 23.2 Å². The van der Waals surface area contributed by atoms with Crippen molar-refractivity contribution in [3.63, 3.8) is 0 Å². The molecule has 1 aromatic heterocycles. The summed E-state index contributed by atoms with van der Waals surface area (Å²) in [6.45, 7) is 3.31. The van der Waals surface area contributed by atoms with E-state index in [0.29, 0.717) is 16.5 Å². The van der Waals surface area contributed by atoms with Crippen LogP contribution in [0.3, 0.4) is 0 Å². The molecular weight excluding hydrogens is 470 g/mol. The predicted molar refractivity (Wildman–Crippen MR) is 125 cm³/mol. The average molecular weight is 491 g/mol. The van der Waals surface area contributed by atoms with Crippen LogP contribution in [0.5, 0.6) is 0 Å². The van der Waals surface area contributed by atoms with Gasteiger partial charge in [-0.05, 0) is 29.8 Å². The fourth-order valence-electron chi connectivity index (χ4n) is 3.26. The molecule has 2 amide bonds. The lowest BCUT2D eigenvalue weighted by Gasteiger charge is -2.27. The van der Waals surface area contributed by atoms with Gasteiger partial charge in [0.2, 0.25) is 5.91 Å². The van der Waals surface area contributed by atoms with Gasteiger partial charge in [-0.1, -0.05) is 53.5 Å². The first-order valence-electron chi connectivity index (χ1n) is 9.99. The maximum Gasteiger partial charge on any atom is 0.256 e. The molecule has 0 saturated carbocycles. The molecule has 2 aromatic carbocycles. The second-order valence-corrected chi connectivity index (χ2v) is 8.37. The molecule has 0 fully saturated rings. The van der Waals surface area contributed by atoms with Gasteiger partial charge in [0, 0.05) is 13.1 Å². The van der Waals surface area contributed by atoms with E-state index in [4.69, 9.17) is 27.6 Å². The van der Waals surface area contributed by atoms with E-state index in [0.717, 1.165) is 0 Å². The number of fused-ring (bicyclic) bond motifs is 1. The molecule has 0 aliphatic heterocycles. The lowest BCUT2D eigenvalue weighted by Crippen LogP contribution is -2.44. The maximum atomic E-state index is 13.3. The van der Waals surface area contributed by atoms with Crippen molar-refractivity contribution in [2.45, 2.75) is 17.9 Å². The first kappa shape index (κ1) is 24.5. The molecule has 0 atom stereocenters. The summed E-state index contributed by atoms with van der Waals surface area (Å²) in [4.78, 5) is 39.7. The predicted octanol–water partition coefficient (Wildman–Crippen LogP) is 4.28. The molecule has 0 aliphatic rings. The Kier molecular flexibility index (Phi) is 8.25. The number of halogens is 3. The highest BCUT2D eigenvalue weighted by Crippen LogP contribution is 2.15. The third-order valence-corrected chi connectivity index (χ3v) is 5.30. The van der Waals surface area contributed by atoms with Crippen molar-refractivity contribution in [2.75, 3.05) is 13.1 Å². The molecule has 0 bridgehead atoms. The summed E-state index contributed by atoms with van der Waals surface area (Å²) < 4.78 is 18.9. The zero-order chi connectivity index (χ0) is 24.0. The van der Waals surface area contributed by atoms with Crippen LogP contribution in [0.4, 0.5) is 4.39 Å². The van der Waals surface area contributed by atoms with Gasteiger partial charge in [0.05, 0.1) is 23.8 Å². The summed E-state index contributed by atoms with van der Waals surface area (Å²) in [5.41, 5.74) is 1.07. The Hall–Kier alpha value is -3.16. The average Bonchev–Trinajstić information content (AvgIpc) is 2.80. The molecule has 0 aliphatic carbocycles. The summed E-state index contributed by atoms with van der Waals surface area (Å²) >= 11 is 11.4. The minimum atomic E-state index is -1.34. The van der Waals surface area contributed by atoms with Crippen LogP contribution in [-0.2, 0) is 22.7 Å². The lowest BCUT2D eigenvalue weighted by molar-refractivity contribution is -0.140. The van der Waals surface area contributed by atoms with E-state index in [2.05, 4.69) is 6.58 Å². The SMILES string of the molecule is C=CCN(CC(=O)N(Cc1ccc(F)cc1)Cc1coc2ccccc2c1=O)C(=O)C(Cl)Cl. The number of amides is 2. The smallest absolute Gasteiger partial charge is 0.256 e. The molecule has 6 nitrogen and oxygen atoms in total. The highest BCUT2D eigenvalue weighted by atomic mass is 35.5. The van der Waals surface area contributed by atoms with Crippen molar-refractivity contribution in [1.29, 1.82) is 0 Å². The zero-order valence-corrected chi connectivity index (χ0v) is 19.1. The molecule has 0 saturated heterocycles. The minimum Gasteiger partial charge on any atom is -0.464 e. The molecule has 1 heterocycles. The van der Waals surface area contributed by atoms with Crippen LogP contribution in [0.1, 0.15) is 11.1 Å². The summed E-state index contributed by atoms with van der Waals surface area (Å²) in [6, 6.07) is 12.4. The molecule has 0 spiro atoms. The Balaban J connectivity index is 1.91. The zero-order valence-electron chi connectivity index (χ0n) is 17.5. The first-order chi connectivity index (χ1) is 15.8. The van der Waals surface area contributed by atoms with E-state index < -0.39 is 22.5 Å². The Bertz CT molecular complexity index is 1210. The van der Waals surface area contributed by atoms with Crippen molar-refractivity contribution in [3.8, 4) is 0 Å². The molecule has 0 unspecified atom stereocenters. The molecular formula is C24H21Cl2FN2O4. The molecule has 0 radical (unpaired) electrons. The Morgan fingerprint density at radius 2 is 1.76 bits per heavy atom. The molecule has 9 heteroatoms. The van der Waals surface area contributed by atoms with Crippen molar-refractivity contribution < 1.29 is 18.4 Å². The molecule has 33 heavy (non-hydrogen) atoms. The van der Waals surface area contributed by atoms with Crippen LogP contribution < -0.4 is 5.43 Å². The number of alkyl halides is 2. The Morgan fingerprint density at radius 1 is 1.06 bits per heavy atom. The van der Waals surface area contributed by atoms with Crippen molar-refractivity contribution in [3.05, 3.63) is 94.6 Å². The van der Waals surface area contributed by atoms with Crippen molar-refractivity contribution in [2.24, 2.45) is 0 Å². The number of para-hydroxylation sites is 1. The topological polar surface area (TPSA) is 70.8 Å². The monoisotopic (exact) mass is 490 g/mol. The van der Waals surface area contributed by atoms with Gasteiger partial charge in [0.1, 0.15) is 17.9 Å². The van der Waals surface area contributed by atoms with E-state index in [1.54, 1.807) is 36.4 Å². The maximum absolute atomic E-state index is 13.3. The number of rotatable bonds is 9. The largest absolute Gasteiger partial charge is 0.464 e. The number of nitrogens with zero attached hydrogens (tertiary/aromatic N) is 2. The quantitative estimate of drug-likeness (QED) is 0.331. The number of carbonyl (C=O) groups excluding carboxylic acids is 2. The van der Waals surface area contributed by atoms with Gasteiger partial charge in [0.25, 0.3) is 5.91 Å². The fourth-order valence-corrected chi connectivity index (χ4v) is 3.54. The lowest BCUT2D eigenvalue weighted by atomic mass is 10.1. The number of hydrogen-bond acceptors (Lipinski definition) is 4.